The molecule has 1 atom stereocenters. The van der Waals surface area contributed by atoms with Gasteiger partial charge in [0, 0.05) is 30.4 Å². The minimum absolute atomic E-state index is 0.00296. The van der Waals surface area contributed by atoms with Gasteiger partial charge in [-0.25, -0.2) is 9.97 Å². The summed E-state index contributed by atoms with van der Waals surface area (Å²) in [5, 5.41) is 13.0. The number of carbonyl (C=O) groups is 1. The highest BCUT2D eigenvalue weighted by molar-refractivity contribution is 5.82. The van der Waals surface area contributed by atoms with Crippen LogP contribution >= 0.6 is 0 Å². The molecule has 0 radical (unpaired) electrons. The monoisotopic (exact) mass is 328 g/mol. The standard InChI is InChI=1S/C18H24N4O2/c1-12(11-23)19-17(24)14-7-9-22(10-8-14)18-20-13(2)15-5-3-4-6-16(15)21-18/h3-6,12,14,23H,7-11H2,1-2H3,(H,19,24). The number of nitrogens with one attached hydrogen (secondary N) is 1. The van der Waals surface area contributed by atoms with E-state index in [-0.39, 0.29) is 24.5 Å². The number of aliphatic hydroxyl groups excluding tert-OH is 1. The van der Waals surface area contributed by atoms with Crippen LogP contribution < -0.4 is 10.2 Å². The molecule has 1 aliphatic rings. The quantitative estimate of drug-likeness (QED) is 0.892. The summed E-state index contributed by atoms with van der Waals surface area (Å²) in [4.78, 5) is 23.6. The molecule has 2 aromatic rings. The molecule has 1 aliphatic heterocycles. The number of carbonyl (C=O) groups excluding carboxylic acids is 1. The van der Waals surface area contributed by atoms with E-state index in [0.29, 0.717) is 0 Å². The van der Waals surface area contributed by atoms with E-state index in [9.17, 15) is 4.79 Å². The number of aromatic nitrogens is 2. The molecule has 128 valence electrons. The van der Waals surface area contributed by atoms with E-state index < -0.39 is 0 Å². The summed E-state index contributed by atoms with van der Waals surface area (Å²) < 4.78 is 0. The van der Waals surface area contributed by atoms with E-state index in [1.165, 1.54) is 0 Å². The first kappa shape index (κ1) is 16.6. The van der Waals surface area contributed by atoms with Gasteiger partial charge in [-0.15, -0.1) is 0 Å². The Bertz CT molecular complexity index is 726. The first-order chi connectivity index (χ1) is 11.6. The van der Waals surface area contributed by atoms with Crippen LogP contribution in [-0.4, -0.2) is 46.7 Å². The minimum Gasteiger partial charge on any atom is -0.394 e. The highest BCUT2D eigenvalue weighted by Gasteiger charge is 2.27. The van der Waals surface area contributed by atoms with Crippen molar-refractivity contribution in [2.75, 3.05) is 24.6 Å². The summed E-state index contributed by atoms with van der Waals surface area (Å²) >= 11 is 0. The molecule has 2 N–H and O–H groups in total. The summed E-state index contributed by atoms with van der Waals surface area (Å²) in [5.41, 5.74) is 1.93. The van der Waals surface area contributed by atoms with E-state index in [0.717, 1.165) is 48.5 Å². The van der Waals surface area contributed by atoms with Crippen LogP contribution in [0, 0.1) is 12.8 Å². The molecule has 0 aliphatic carbocycles. The second kappa shape index (κ2) is 7.13. The van der Waals surface area contributed by atoms with Gasteiger partial charge >= 0.3 is 0 Å². The number of anilines is 1. The van der Waals surface area contributed by atoms with E-state index in [1.54, 1.807) is 6.92 Å². The predicted molar refractivity (Wildman–Crippen MR) is 93.9 cm³/mol. The fraction of sp³-hybridized carbons (Fsp3) is 0.500. The van der Waals surface area contributed by atoms with Gasteiger partial charge in [-0.3, -0.25) is 4.79 Å². The van der Waals surface area contributed by atoms with Gasteiger partial charge in [0.05, 0.1) is 17.8 Å². The lowest BCUT2D eigenvalue weighted by atomic mass is 9.96. The van der Waals surface area contributed by atoms with E-state index >= 15 is 0 Å². The maximum absolute atomic E-state index is 12.2. The normalized spacial score (nSPS) is 17.0. The average molecular weight is 328 g/mol. The van der Waals surface area contributed by atoms with Crippen LogP contribution in [0.3, 0.4) is 0 Å². The van der Waals surface area contributed by atoms with Gasteiger partial charge in [0.1, 0.15) is 0 Å². The number of aliphatic hydroxyl groups is 1. The van der Waals surface area contributed by atoms with Gasteiger partial charge in [-0.2, -0.15) is 0 Å². The van der Waals surface area contributed by atoms with Crippen LogP contribution in [0.25, 0.3) is 10.9 Å². The van der Waals surface area contributed by atoms with Crippen molar-refractivity contribution in [2.45, 2.75) is 32.7 Å². The van der Waals surface area contributed by atoms with Crippen molar-refractivity contribution in [3.8, 4) is 0 Å². The smallest absolute Gasteiger partial charge is 0.226 e. The molecule has 1 aromatic carbocycles. The van der Waals surface area contributed by atoms with Crippen LogP contribution in [0.1, 0.15) is 25.5 Å². The minimum atomic E-state index is -0.193. The number of aryl methyl sites for hydroxylation is 1. The van der Waals surface area contributed by atoms with Gasteiger partial charge in [-0.05, 0) is 32.8 Å². The zero-order valence-corrected chi connectivity index (χ0v) is 14.2. The molecule has 1 saturated heterocycles. The molecule has 24 heavy (non-hydrogen) atoms. The zero-order valence-electron chi connectivity index (χ0n) is 14.2. The van der Waals surface area contributed by atoms with Gasteiger partial charge in [-0.1, -0.05) is 18.2 Å². The average Bonchev–Trinajstić information content (AvgIpc) is 2.61. The molecule has 0 spiro atoms. The van der Waals surface area contributed by atoms with Gasteiger partial charge in [0.2, 0.25) is 11.9 Å². The third-order valence-corrected chi connectivity index (χ3v) is 4.59. The van der Waals surface area contributed by atoms with Crippen molar-refractivity contribution < 1.29 is 9.90 Å². The number of rotatable bonds is 4. The SMILES string of the molecule is Cc1nc(N2CCC(C(=O)NC(C)CO)CC2)nc2ccccc12. The Balaban J connectivity index is 1.68. The van der Waals surface area contributed by atoms with Gasteiger partial charge in [0.15, 0.2) is 0 Å². The number of amides is 1. The molecule has 6 nitrogen and oxygen atoms in total. The third-order valence-electron chi connectivity index (χ3n) is 4.59. The van der Waals surface area contributed by atoms with E-state index in [2.05, 4.69) is 20.2 Å². The molecule has 6 heteroatoms. The van der Waals surface area contributed by atoms with E-state index in [4.69, 9.17) is 5.11 Å². The first-order valence-corrected chi connectivity index (χ1v) is 8.48. The topological polar surface area (TPSA) is 78.4 Å². The molecule has 0 bridgehead atoms. The molecule has 1 amide bonds. The second-order valence-electron chi connectivity index (χ2n) is 6.48. The summed E-state index contributed by atoms with van der Waals surface area (Å²) in [6.07, 6.45) is 1.55. The molecular formula is C18H24N4O2. The summed E-state index contributed by atoms with van der Waals surface area (Å²) in [7, 11) is 0. The fourth-order valence-corrected chi connectivity index (χ4v) is 3.11. The maximum Gasteiger partial charge on any atom is 0.226 e. The number of hydrogen-bond acceptors (Lipinski definition) is 5. The Kier molecular flexibility index (Phi) is 4.94. The molecule has 3 rings (SSSR count). The highest BCUT2D eigenvalue weighted by Crippen LogP contribution is 2.24. The van der Waals surface area contributed by atoms with Crippen molar-refractivity contribution in [2.24, 2.45) is 5.92 Å². The number of nitrogens with zero attached hydrogens (tertiary/aromatic N) is 3. The van der Waals surface area contributed by atoms with Crippen molar-refractivity contribution in [1.29, 1.82) is 0 Å². The van der Waals surface area contributed by atoms with Crippen molar-refractivity contribution in [1.82, 2.24) is 15.3 Å². The number of para-hydroxylation sites is 1. The molecule has 1 unspecified atom stereocenters. The lowest BCUT2D eigenvalue weighted by Crippen LogP contribution is -2.44. The largest absolute Gasteiger partial charge is 0.394 e. The van der Waals surface area contributed by atoms with Crippen molar-refractivity contribution in [3.63, 3.8) is 0 Å². The second-order valence-corrected chi connectivity index (χ2v) is 6.48. The molecule has 2 heterocycles. The van der Waals surface area contributed by atoms with E-state index in [1.807, 2.05) is 31.2 Å². The van der Waals surface area contributed by atoms with Crippen LogP contribution in [0.2, 0.25) is 0 Å². The zero-order chi connectivity index (χ0) is 17.1. The molecule has 0 saturated carbocycles. The Morgan fingerprint density at radius 1 is 1.33 bits per heavy atom. The maximum atomic E-state index is 12.2. The van der Waals surface area contributed by atoms with Crippen LogP contribution in [0.15, 0.2) is 24.3 Å². The molecule has 1 aromatic heterocycles. The lowest BCUT2D eigenvalue weighted by Gasteiger charge is -2.32. The Morgan fingerprint density at radius 2 is 2.04 bits per heavy atom. The summed E-state index contributed by atoms with van der Waals surface area (Å²) in [6.45, 7) is 5.31. The highest BCUT2D eigenvalue weighted by atomic mass is 16.3. The number of fused-ring (bicyclic) bond motifs is 1. The summed E-state index contributed by atoms with van der Waals surface area (Å²) in [6, 6.07) is 7.83. The van der Waals surface area contributed by atoms with Crippen molar-refractivity contribution >= 4 is 22.8 Å². The first-order valence-electron chi connectivity index (χ1n) is 8.48. The summed E-state index contributed by atoms with van der Waals surface area (Å²) in [5.74, 6) is 0.775. The van der Waals surface area contributed by atoms with Gasteiger partial charge in [0.25, 0.3) is 0 Å². The fourth-order valence-electron chi connectivity index (χ4n) is 3.11. The van der Waals surface area contributed by atoms with Crippen LogP contribution in [0.4, 0.5) is 5.95 Å². The van der Waals surface area contributed by atoms with Crippen LogP contribution in [-0.2, 0) is 4.79 Å². The predicted octanol–water partition coefficient (Wildman–Crippen LogP) is 1.65. The Labute approximate surface area is 141 Å². The van der Waals surface area contributed by atoms with Crippen LogP contribution in [0.5, 0.6) is 0 Å². The number of piperidine rings is 1. The number of benzene rings is 1. The lowest BCUT2D eigenvalue weighted by molar-refractivity contribution is -0.126. The third kappa shape index (κ3) is 3.48. The Morgan fingerprint density at radius 3 is 2.75 bits per heavy atom. The molecular weight excluding hydrogens is 304 g/mol. The Hall–Kier alpha value is -2.21. The molecule has 1 fully saturated rings. The van der Waals surface area contributed by atoms with Crippen molar-refractivity contribution in [3.05, 3.63) is 30.0 Å². The van der Waals surface area contributed by atoms with Gasteiger partial charge < -0.3 is 15.3 Å². The number of hydrogen-bond donors (Lipinski definition) is 2.